The molecule has 0 aromatic carbocycles. The zero-order valence-electron chi connectivity index (χ0n) is 8.73. The van der Waals surface area contributed by atoms with Gasteiger partial charge >= 0.3 is 0 Å². The van der Waals surface area contributed by atoms with E-state index in [4.69, 9.17) is 0 Å². The van der Waals surface area contributed by atoms with Crippen molar-refractivity contribution in [2.45, 2.75) is 39.2 Å². The molecule has 0 atom stereocenters. The molecular formula is C11H16N2O. The summed E-state index contributed by atoms with van der Waals surface area (Å²) in [5.74, 6) is 2.11. The fraction of sp³-hybridized carbons (Fsp3) is 0.636. The lowest BCUT2D eigenvalue weighted by atomic mass is 10.2. The quantitative estimate of drug-likeness (QED) is 0.731. The second-order valence-electron chi connectivity index (χ2n) is 4.31. The van der Waals surface area contributed by atoms with E-state index in [1.165, 1.54) is 0 Å². The van der Waals surface area contributed by atoms with Crippen LogP contribution in [0.3, 0.4) is 0 Å². The minimum absolute atomic E-state index is 0.345. The van der Waals surface area contributed by atoms with Crippen LogP contribution < -0.4 is 0 Å². The highest BCUT2D eigenvalue weighted by atomic mass is 16.1. The highest BCUT2D eigenvalue weighted by Crippen LogP contribution is 2.30. The van der Waals surface area contributed by atoms with Gasteiger partial charge in [-0.2, -0.15) is 0 Å². The lowest BCUT2D eigenvalue weighted by Gasteiger charge is -2.08. The average molecular weight is 192 g/mol. The molecule has 3 heteroatoms. The van der Waals surface area contributed by atoms with Crippen molar-refractivity contribution in [2.24, 2.45) is 5.92 Å². The predicted octanol–water partition coefficient (Wildman–Crippen LogP) is 1.99. The third-order valence-corrected chi connectivity index (χ3v) is 2.62. The van der Waals surface area contributed by atoms with E-state index in [1.807, 2.05) is 10.8 Å². The number of nitrogens with zero attached hydrogens (tertiary/aromatic N) is 2. The summed E-state index contributed by atoms with van der Waals surface area (Å²) < 4.78 is 1.98. The third kappa shape index (κ3) is 1.86. The van der Waals surface area contributed by atoms with Crippen molar-refractivity contribution in [3.05, 3.63) is 18.2 Å². The lowest BCUT2D eigenvalue weighted by Crippen LogP contribution is -2.14. The van der Waals surface area contributed by atoms with Crippen molar-refractivity contribution in [3.63, 3.8) is 0 Å². The molecule has 0 saturated heterocycles. The summed E-state index contributed by atoms with van der Waals surface area (Å²) in [6.07, 6.45) is 5.85. The normalized spacial score (nSPS) is 16.2. The lowest BCUT2D eigenvalue weighted by molar-refractivity contribution is -0.120. The molecule has 1 aromatic rings. The summed E-state index contributed by atoms with van der Waals surface area (Å²) in [7, 11) is 0. The van der Waals surface area contributed by atoms with Crippen LogP contribution in [0.2, 0.25) is 0 Å². The molecule has 0 bridgehead atoms. The number of imidazole rings is 1. The van der Waals surface area contributed by atoms with Gasteiger partial charge in [-0.15, -0.1) is 0 Å². The molecule has 1 heterocycles. The van der Waals surface area contributed by atoms with Gasteiger partial charge in [-0.3, -0.25) is 4.79 Å². The molecular weight excluding hydrogens is 176 g/mol. The molecule has 3 nitrogen and oxygen atoms in total. The van der Waals surface area contributed by atoms with E-state index < -0.39 is 0 Å². The van der Waals surface area contributed by atoms with Gasteiger partial charge in [0.05, 0.1) is 6.54 Å². The molecule has 0 unspecified atom stereocenters. The Labute approximate surface area is 84.1 Å². The van der Waals surface area contributed by atoms with Crippen molar-refractivity contribution < 1.29 is 4.79 Å². The Balaban J connectivity index is 2.07. The Hall–Kier alpha value is -1.12. The molecule has 0 aliphatic heterocycles. The van der Waals surface area contributed by atoms with Crippen LogP contribution in [-0.4, -0.2) is 15.3 Å². The molecule has 1 saturated carbocycles. The number of carbonyl (C=O) groups is 1. The zero-order chi connectivity index (χ0) is 10.1. The number of hydrogen-bond acceptors (Lipinski definition) is 2. The van der Waals surface area contributed by atoms with Crippen molar-refractivity contribution in [2.75, 3.05) is 0 Å². The molecule has 76 valence electrons. The van der Waals surface area contributed by atoms with Crippen LogP contribution in [-0.2, 0) is 11.3 Å². The Kier molecular flexibility index (Phi) is 2.40. The third-order valence-electron chi connectivity index (χ3n) is 2.62. The van der Waals surface area contributed by atoms with Gasteiger partial charge in [0.15, 0.2) is 5.78 Å². The SMILES string of the molecule is CC(C)c1nccn1CC(=O)C1CC1. The van der Waals surface area contributed by atoms with E-state index in [9.17, 15) is 4.79 Å². The standard InChI is InChI=1S/C11H16N2O/c1-8(2)11-12-5-6-13(11)7-10(14)9-3-4-9/h5-6,8-9H,3-4,7H2,1-2H3. The Morgan fingerprint density at radius 3 is 2.93 bits per heavy atom. The molecule has 0 spiro atoms. The van der Waals surface area contributed by atoms with Gasteiger partial charge < -0.3 is 4.57 Å². The smallest absolute Gasteiger partial charge is 0.155 e. The molecule has 0 N–H and O–H groups in total. The summed E-state index contributed by atoms with van der Waals surface area (Å²) in [5.41, 5.74) is 0. The fourth-order valence-corrected chi connectivity index (χ4v) is 1.66. The highest BCUT2D eigenvalue weighted by molar-refractivity contribution is 5.82. The van der Waals surface area contributed by atoms with Crippen LogP contribution in [0.25, 0.3) is 0 Å². The van der Waals surface area contributed by atoms with Gasteiger partial charge in [-0.05, 0) is 12.8 Å². The highest BCUT2D eigenvalue weighted by Gasteiger charge is 2.29. The minimum atomic E-state index is 0.345. The maximum absolute atomic E-state index is 11.6. The fourth-order valence-electron chi connectivity index (χ4n) is 1.66. The molecule has 0 radical (unpaired) electrons. The topological polar surface area (TPSA) is 34.9 Å². The van der Waals surface area contributed by atoms with Crippen LogP contribution in [0.5, 0.6) is 0 Å². The molecule has 1 aliphatic carbocycles. The monoisotopic (exact) mass is 192 g/mol. The second-order valence-corrected chi connectivity index (χ2v) is 4.31. The van der Waals surface area contributed by atoms with Gasteiger partial charge in [0.2, 0.25) is 0 Å². The first-order valence-corrected chi connectivity index (χ1v) is 5.22. The van der Waals surface area contributed by atoms with Crippen LogP contribution >= 0.6 is 0 Å². The summed E-state index contributed by atoms with van der Waals surface area (Å²) in [5, 5.41) is 0. The average Bonchev–Trinajstić information content (AvgIpc) is 2.87. The van der Waals surface area contributed by atoms with Crippen molar-refractivity contribution >= 4 is 5.78 Å². The van der Waals surface area contributed by atoms with Crippen molar-refractivity contribution in [1.82, 2.24) is 9.55 Å². The Morgan fingerprint density at radius 2 is 2.36 bits per heavy atom. The number of hydrogen-bond donors (Lipinski definition) is 0. The summed E-state index contributed by atoms with van der Waals surface area (Å²) in [4.78, 5) is 15.9. The van der Waals surface area contributed by atoms with Crippen LogP contribution in [0.15, 0.2) is 12.4 Å². The molecule has 1 aliphatic rings. The number of Topliss-reactive ketones (excluding diaryl/α,β-unsaturated/α-hetero) is 1. The number of ketones is 1. The van der Waals surface area contributed by atoms with E-state index in [1.54, 1.807) is 6.20 Å². The van der Waals surface area contributed by atoms with E-state index in [0.29, 0.717) is 24.2 Å². The van der Waals surface area contributed by atoms with Crippen LogP contribution in [0.4, 0.5) is 0 Å². The second kappa shape index (κ2) is 3.56. The maximum Gasteiger partial charge on any atom is 0.155 e. The van der Waals surface area contributed by atoms with Crippen LogP contribution in [0.1, 0.15) is 38.4 Å². The summed E-state index contributed by atoms with van der Waals surface area (Å²) >= 11 is 0. The first kappa shape index (κ1) is 9.44. The molecule has 0 amide bonds. The zero-order valence-corrected chi connectivity index (χ0v) is 8.73. The first-order chi connectivity index (χ1) is 6.68. The van der Waals surface area contributed by atoms with E-state index in [2.05, 4.69) is 18.8 Å². The molecule has 1 aromatic heterocycles. The Bertz CT molecular complexity index is 337. The number of aromatic nitrogens is 2. The number of carbonyl (C=O) groups excluding carboxylic acids is 1. The van der Waals surface area contributed by atoms with Crippen LogP contribution in [0, 0.1) is 5.92 Å². The Morgan fingerprint density at radius 1 is 1.64 bits per heavy atom. The maximum atomic E-state index is 11.6. The molecule has 2 rings (SSSR count). The van der Waals surface area contributed by atoms with E-state index in [0.717, 1.165) is 18.7 Å². The van der Waals surface area contributed by atoms with Gasteiger partial charge in [0, 0.05) is 24.2 Å². The first-order valence-electron chi connectivity index (χ1n) is 5.22. The largest absolute Gasteiger partial charge is 0.327 e. The van der Waals surface area contributed by atoms with Gasteiger partial charge in [-0.25, -0.2) is 4.98 Å². The molecule has 14 heavy (non-hydrogen) atoms. The predicted molar refractivity (Wildman–Crippen MR) is 54.0 cm³/mol. The molecule has 1 fully saturated rings. The van der Waals surface area contributed by atoms with Gasteiger partial charge in [-0.1, -0.05) is 13.8 Å². The summed E-state index contributed by atoms with van der Waals surface area (Å²) in [6, 6.07) is 0. The van der Waals surface area contributed by atoms with Gasteiger partial charge in [0.1, 0.15) is 5.82 Å². The number of rotatable bonds is 4. The van der Waals surface area contributed by atoms with Gasteiger partial charge in [0.25, 0.3) is 0 Å². The van der Waals surface area contributed by atoms with E-state index >= 15 is 0 Å². The van der Waals surface area contributed by atoms with E-state index in [-0.39, 0.29) is 0 Å². The minimum Gasteiger partial charge on any atom is -0.327 e. The summed E-state index contributed by atoms with van der Waals surface area (Å²) in [6.45, 7) is 4.71. The van der Waals surface area contributed by atoms with Crippen molar-refractivity contribution in [3.8, 4) is 0 Å². The van der Waals surface area contributed by atoms with Crippen molar-refractivity contribution in [1.29, 1.82) is 0 Å².